The number of benzene rings is 11. The standard InChI is InChI=1S/C22H15N2.C19H14F3N2.C18H12F3N2.2C17H13N2.5Ir/c1-4-10-17(11-5-1)20-21(18-12-6-2-7-13-18)23-16-24-22(20)19-14-8-3-9-15-19;1-12-4-3-5-13(2)18(12)17-10-16(23-11-24-17)14-6-8-15(9-7-14)19(20,21)22;1-12-2-4-13(5-3-12)16-10-17(23-11-22-16)14-6-8-15(9-7-14)18(19,20)21;1-13-16(14-8-4-2-5-9-14)18-12-19-17(13)15-10-6-3-7-11-15;1-13-18-16(14-8-4-2-5-9-14)12-17(19-13)15-10-6-3-7-11-15;;;;;/h1-14,16H;3-6,8-11H,1-2H3;2-6,8-11H,1H3;2*2-10,12H,1H3;;;;;/q5*-1;;;;;. The first kappa shape index (κ1) is 90.8. The summed E-state index contributed by atoms with van der Waals surface area (Å²) in [4.78, 5) is 43.8. The van der Waals surface area contributed by atoms with Crippen LogP contribution in [0.25, 0.3) is 124 Å². The third-order valence-electron chi connectivity index (χ3n) is 17.2. The normalized spacial score (nSPS) is 10.4. The molecule has 16 aromatic rings. The Morgan fingerprint density at radius 1 is 0.263 bits per heavy atom. The molecular formula is C93H67F6Ir5N10-5. The van der Waals surface area contributed by atoms with E-state index in [1.165, 1.54) is 24.8 Å². The number of aryl methyl sites for hydroxylation is 4. The van der Waals surface area contributed by atoms with Gasteiger partial charge in [-0.25, -0.2) is 24.9 Å². The van der Waals surface area contributed by atoms with Crippen molar-refractivity contribution in [3.05, 3.63) is 386 Å². The van der Waals surface area contributed by atoms with Gasteiger partial charge in [-0.15, -0.1) is 167 Å². The maximum absolute atomic E-state index is 12.7. The van der Waals surface area contributed by atoms with Gasteiger partial charge in [0.05, 0.1) is 28.5 Å². The summed E-state index contributed by atoms with van der Waals surface area (Å²) in [7, 11) is 0. The molecule has 0 spiro atoms. The van der Waals surface area contributed by atoms with Crippen LogP contribution in [0.3, 0.4) is 0 Å². The molecule has 0 aliphatic carbocycles. The van der Waals surface area contributed by atoms with Gasteiger partial charge in [0.25, 0.3) is 0 Å². The molecule has 0 amide bonds. The van der Waals surface area contributed by atoms with Crippen molar-refractivity contribution in [2.75, 3.05) is 0 Å². The Morgan fingerprint density at radius 3 is 1.11 bits per heavy atom. The van der Waals surface area contributed by atoms with Crippen LogP contribution in [0.1, 0.15) is 39.2 Å². The molecule has 5 radical (unpaired) electrons. The molecule has 0 fully saturated rings. The van der Waals surface area contributed by atoms with E-state index in [-0.39, 0.29) is 101 Å². The van der Waals surface area contributed by atoms with Gasteiger partial charge in [0, 0.05) is 112 Å². The monoisotopic (exact) mass is 2400 g/mol. The molecule has 5 aromatic heterocycles. The molecule has 0 saturated heterocycles. The molecule has 0 atom stereocenters. The first-order valence-corrected chi connectivity index (χ1v) is 34.5. The van der Waals surface area contributed by atoms with E-state index in [4.69, 9.17) is 0 Å². The van der Waals surface area contributed by atoms with Crippen LogP contribution in [0.4, 0.5) is 26.3 Å². The van der Waals surface area contributed by atoms with Crippen LogP contribution in [0.15, 0.2) is 316 Å². The molecule has 0 N–H and O–H groups in total. The van der Waals surface area contributed by atoms with Crippen LogP contribution < -0.4 is 0 Å². The Labute approximate surface area is 726 Å². The summed E-state index contributed by atoms with van der Waals surface area (Å²) in [6, 6.07) is 105. The molecule has 0 saturated carbocycles. The zero-order valence-corrected chi connectivity index (χ0v) is 73.4. The van der Waals surface area contributed by atoms with Crippen molar-refractivity contribution in [2.24, 2.45) is 0 Å². The quantitative estimate of drug-likeness (QED) is 0.0912. The Hall–Kier alpha value is -10.4. The molecule has 5 heterocycles. The van der Waals surface area contributed by atoms with Gasteiger partial charge >= 0.3 is 12.4 Å². The van der Waals surface area contributed by atoms with E-state index in [0.717, 1.165) is 148 Å². The van der Waals surface area contributed by atoms with Crippen LogP contribution in [-0.4, -0.2) is 49.8 Å². The molecule has 21 heteroatoms. The maximum Gasteiger partial charge on any atom is 0.381 e. The van der Waals surface area contributed by atoms with Crippen molar-refractivity contribution in [3.63, 3.8) is 0 Å². The van der Waals surface area contributed by atoms with Crippen LogP contribution in [0.2, 0.25) is 0 Å². The van der Waals surface area contributed by atoms with Gasteiger partial charge in [-0.3, -0.25) is 24.9 Å². The Bertz CT molecular complexity index is 5430. The van der Waals surface area contributed by atoms with Gasteiger partial charge in [0.15, 0.2) is 0 Å². The van der Waals surface area contributed by atoms with E-state index in [1.54, 1.807) is 24.8 Å². The van der Waals surface area contributed by atoms with E-state index in [1.807, 2.05) is 222 Å². The average Bonchev–Trinajstić information content (AvgIpc) is 0.786. The minimum Gasteiger partial charge on any atom is -0.286 e. The zero-order valence-electron chi connectivity index (χ0n) is 61.4. The second kappa shape index (κ2) is 43.8. The van der Waals surface area contributed by atoms with Crippen LogP contribution in [0, 0.1) is 65.0 Å². The number of nitrogens with zero attached hydrogens (tertiary/aromatic N) is 10. The molecule has 11 aromatic carbocycles. The van der Waals surface area contributed by atoms with E-state index in [9.17, 15) is 26.3 Å². The van der Waals surface area contributed by atoms with Crippen molar-refractivity contribution in [1.82, 2.24) is 49.8 Å². The van der Waals surface area contributed by atoms with Crippen molar-refractivity contribution < 1.29 is 127 Å². The molecule has 0 bridgehead atoms. The molecule has 0 aliphatic rings. The van der Waals surface area contributed by atoms with E-state index in [2.05, 4.69) is 136 Å². The summed E-state index contributed by atoms with van der Waals surface area (Å²) in [5.41, 5.74) is 22.4. The van der Waals surface area contributed by atoms with Crippen LogP contribution in [-0.2, 0) is 113 Å². The number of aromatic nitrogens is 10. The summed E-state index contributed by atoms with van der Waals surface area (Å²) in [6.07, 6.45) is -2.67. The maximum atomic E-state index is 12.7. The van der Waals surface area contributed by atoms with E-state index in [0.29, 0.717) is 28.2 Å². The van der Waals surface area contributed by atoms with E-state index < -0.39 is 23.5 Å². The average molecular weight is 2400 g/mol. The third kappa shape index (κ3) is 24.3. The van der Waals surface area contributed by atoms with Crippen molar-refractivity contribution in [1.29, 1.82) is 0 Å². The van der Waals surface area contributed by atoms with Gasteiger partial charge < -0.3 is 0 Å². The Morgan fingerprint density at radius 2 is 0.632 bits per heavy atom. The molecule has 16 rings (SSSR count). The minimum absolute atomic E-state index is 0. The number of hydrogen-bond donors (Lipinski definition) is 0. The number of alkyl halides is 6. The fourth-order valence-electron chi connectivity index (χ4n) is 11.8. The summed E-state index contributed by atoms with van der Waals surface area (Å²) in [5, 5.41) is 0. The fraction of sp³-hybridized carbons (Fsp3) is 0.0753. The number of halogens is 6. The van der Waals surface area contributed by atoms with Gasteiger partial charge in [0.2, 0.25) is 0 Å². The van der Waals surface area contributed by atoms with Crippen molar-refractivity contribution in [2.45, 2.75) is 47.0 Å². The van der Waals surface area contributed by atoms with Gasteiger partial charge in [-0.2, -0.15) is 26.3 Å². The molecule has 0 unspecified atom stereocenters. The third-order valence-corrected chi connectivity index (χ3v) is 17.2. The van der Waals surface area contributed by atoms with Gasteiger partial charge in [0.1, 0.15) is 31.1 Å². The van der Waals surface area contributed by atoms with Gasteiger partial charge in [-0.05, 0) is 119 Å². The van der Waals surface area contributed by atoms with E-state index >= 15 is 0 Å². The topological polar surface area (TPSA) is 129 Å². The van der Waals surface area contributed by atoms with Gasteiger partial charge in [-0.1, -0.05) is 188 Å². The summed E-state index contributed by atoms with van der Waals surface area (Å²) in [6.45, 7) is 9.95. The number of hydrogen-bond acceptors (Lipinski definition) is 10. The summed E-state index contributed by atoms with van der Waals surface area (Å²) < 4.78 is 75.7. The second-order valence-corrected chi connectivity index (χ2v) is 24.8. The first-order chi connectivity index (χ1) is 52.9. The van der Waals surface area contributed by atoms with Crippen LogP contribution in [0.5, 0.6) is 0 Å². The smallest absolute Gasteiger partial charge is 0.286 e. The predicted molar refractivity (Wildman–Crippen MR) is 418 cm³/mol. The second-order valence-electron chi connectivity index (χ2n) is 24.8. The summed E-state index contributed by atoms with van der Waals surface area (Å²) in [5.74, 6) is 0.772. The van der Waals surface area contributed by atoms with Crippen molar-refractivity contribution in [3.8, 4) is 124 Å². The SMILES string of the molecule is Cc1c(-c2[c-]cccc2)ncnc1-c1ccccc1.Cc1ccc(-c2cc(-c3[c-]cc(C(F)(F)F)cc3)ncn2)cc1.Cc1cccc(C)c1-c1cc(-c2[c-]cc(C(F)(F)F)cc2)ncn1.Cc1nc(-c2[c-]cccc2)cc(-c2ccccc2)n1.[Ir].[Ir].[Ir].[Ir].[Ir].[c-]1ccccc1-c1ncnc(-c2ccccc2)c1-c1ccccc1. The molecule has 0 aliphatic heterocycles. The zero-order chi connectivity index (χ0) is 76.1. The largest absolute Gasteiger partial charge is 0.381 e. The molecular weight excluding hydrogens is 2330 g/mol. The van der Waals surface area contributed by atoms with Crippen LogP contribution >= 0.6 is 0 Å². The minimum atomic E-state index is -4.37. The van der Waals surface area contributed by atoms with Crippen molar-refractivity contribution >= 4 is 0 Å². The Kier molecular flexibility index (Phi) is 34.9. The molecule has 10 nitrogen and oxygen atoms in total. The Balaban J connectivity index is 0.000000196. The first-order valence-electron chi connectivity index (χ1n) is 34.5. The number of rotatable bonds is 11. The molecule has 114 heavy (non-hydrogen) atoms. The predicted octanol–water partition coefficient (Wildman–Crippen LogP) is 23.3. The fourth-order valence-corrected chi connectivity index (χ4v) is 11.8. The molecule has 581 valence electrons. The summed E-state index contributed by atoms with van der Waals surface area (Å²) >= 11 is 0.